The first-order valence-electron chi connectivity index (χ1n) is 8.30. The van der Waals surface area contributed by atoms with Crippen molar-refractivity contribution in [2.24, 2.45) is 5.92 Å². The zero-order valence-electron chi connectivity index (χ0n) is 15.0. The van der Waals surface area contributed by atoms with E-state index in [9.17, 15) is 14.4 Å². The molecule has 7 heteroatoms. The number of imide groups is 1. The smallest absolute Gasteiger partial charge is 0.325 e. The van der Waals surface area contributed by atoms with Gasteiger partial charge in [0.05, 0.1) is 0 Å². The van der Waals surface area contributed by atoms with Crippen LogP contribution in [0.5, 0.6) is 0 Å². The van der Waals surface area contributed by atoms with Crippen molar-refractivity contribution in [1.29, 1.82) is 0 Å². The lowest BCUT2D eigenvalue weighted by Gasteiger charge is -2.23. The number of hydrogen-bond donors (Lipinski definition) is 3. The molecule has 4 amide bonds. The Kier molecular flexibility index (Phi) is 5.47. The van der Waals surface area contributed by atoms with E-state index >= 15 is 0 Å². The van der Waals surface area contributed by atoms with Gasteiger partial charge in [0.15, 0.2) is 0 Å². The van der Waals surface area contributed by atoms with Gasteiger partial charge in [-0.1, -0.05) is 36.8 Å². The first kappa shape index (κ1) is 18.9. The molecule has 3 N–H and O–H groups in total. The van der Waals surface area contributed by atoms with Gasteiger partial charge in [-0.2, -0.15) is 0 Å². The van der Waals surface area contributed by atoms with Crippen LogP contribution in [-0.4, -0.2) is 47.0 Å². The maximum absolute atomic E-state index is 12.8. The molecule has 0 aromatic heterocycles. The van der Waals surface area contributed by atoms with E-state index in [1.165, 1.54) is 0 Å². The Morgan fingerprint density at radius 2 is 1.88 bits per heavy atom. The van der Waals surface area contributed by atoms with Crippen LogP contribution in [0.2, 0.25) is 0 Å². The van der Waals surface area contributed by atoms with Crippen molar-refractivity contribution in [1.82, 2.24) is 15.5 Å². The van der Waals surface area contributed by atoms with Gasteiger partial charge in [-0.25, -0.2) is 4.79 Å². The Hall–Kier alpha value is -2.41. The number of urea groups is 1. The lowest BCUT2D eigenvalue weighted by atomic mass is 9.91. The third-order valence-corrected chi connectivity index (χ3v) is 4.74. The number of carbonyl (C=O) groups is 3. The number of hydrogen-bond acceptors (Lipinski definition) is 4. The molecule has 0 bridgehead atoms. The van der Waals surface area contributed by atoms with Gasteiger partial charge in [0, 0.05) is 12.6 Å². The maximum atomic E-state index is 12.8. The number of aliphatic hydroxyl groups excluding tert-OH is 1. The van der Waals surface area contributed by atoms with Crippen LogP contribution in [0.15, 0.2) is 24.3 Å². The molecule has 1 fully saturated rings. The lowest BCUT2D eigenvalue weighted by Crippen LogP contribution is -2.46. The average molecular weight is 347 g/mol. The van der Waals surface area contributed by atoms with Crippen molar-refractivity contribution in [3.8, 4) is 0 Å². The third-order valence-electron chi connectivity index (χ3n) is 4.74. The average Bonchev–Trinajstić information content (AvgIpc) is 2.78. The van der Waals surface area contributed by atoms with Crippen molar-refractivity contribution in [2.75, 3.05) is 13.2 Å². The predicted molar refractivity (Wildman–Crippen MR) is 92.6 cm³/mol. The second kappa shape index (κ2) is 7.23. The summed E-state index contributed by atoms with van der Waals surface area (Å²) in [6.45, 7) is 6.72. The van der Waals surface area contributed by atoms with Crippen molar-refractivity contribution < 1.29 is 19.5 Å². The standard InChI is InChI=1S/C18H25N3O4/c1-11-5-7-14(8-6-11)18(4)16(24)21(17(25)20-18)9-15(23)19-13(3)12(2)10-22/h5-8,12-13,22H,9-10H2,1-4H3,(H,19,23)(H,20,25). The van der Waals surface area contributed by atoms with Gasteiger partial charge in [-0.15, -0.1) is 0 Å². The molecule has 1 saturated heterocycles. The second-order valence-electron chi connectivity index (χ2n) is 6.83. The van der Waals surface area contributed by atoms with Crippen LogP contribution in [0, 0.1) is 12.8 Å². The van der Waals surface area contributed by atoms with Crippen LogP contribution >= 0.6 is 0 Å². The summed E-state index contributed by atoms with van der Waals surface area (Å²) in [5.74, 6) is -1.02. The van der Waals surface area contributed by atoms with Crippen LogP contribution in [-0.2, 0) is 15.1 Å². The van der Waals surface area contributed by atoms with Gasteiger partial charge < -0.3 is 15.7 Å². The minimum atomic E-state index is -1.19. The lowest BCUT2D eigenvalue weighted by molar-refractivity contribution is -0.135. The number of aliphatic hydroxyl groups is 1. The summed E-state index contributed by atoms with van der Waals surface area (Å²) in [7, 11) is 0. The minimum Gasteiger partial charge on any atom is -0.396 e. The first-order valence-corrected chi connectivity index (χ1v) is 8.30. The van der Waals surface area contributed by atoms with Crippen molar-refractivity contribution >= 4 is 17.8 Å². The first-order chi connectivity index (χ1) is 11.7. The van der Waals surface area contributed by atoms with E-state index in [0.717, 1.165) is 10.5 Å². The number of rotatable bonds is 6. The fourth-order valence-corrected chi connectivity index (χ4v) is 2.67. The van der Waals surface area contributed by atoms with Crippen LogP contribution < -0.4 is 10.6 Å². The Morgan fingerprint density at radius 1 is 1.28 bits per heavy atom. The number of benzene rings is 1. The molecule has 3 unspecified atom stereocenters. The Bertz CT molecular complexity index is 673. The molecule has 1 heterocycles. The highest BCUT2D eigenvalue weighted by Gasteiger charge is 2.49. The van der Waals surface area contributed by atoms with Crippen LogP contribution in [0.3, 0.4) is 0 Å². The summed E-state index contributed by atoms with van der Waals surface area (Å²) in [6, 6.07) is 6.47. The molecule has 3 atom stereocenters. The molecular formula is C18H25N3O4. The number of amides is 4. The van der Waals surface area contributed by atoms with Crippen LogP contribution in [0.25, 0.3) is 0 Å². The minimum absolute atomic E-state index is 0.0595. The quantitative estimate of drug-likeness (QED) is 0.666. The molecular weight excluding hydrogens is 322 g/mol. The van der Waals surface area contributed by atoms with E-state index in [-0.39, 0.29) is 25.1 Å². The van der Waals surface area contributed by atoms with Crippen LogP contribution in [0.4, 0.5) is 4.79 Å². The van der Waals surface area contributed by atoms with Crippen LogP contribution in [0.1, 0.15) is 31.9 Å². The maximum Gasteiger partial charge on any atom is 0.325 e. The van der Waals surface area contributed by atoms with E-state index in [1.807, 2.05) is 19.1 Å². The predicted octanol–water partition coefficient (Wildman–Crippen LogP) is 0.895. The molecule has 0 saturated carbocycles. The summed E-state index contributed by atoms with van der Waals surface area (Å²) in [6.07, 6.45) is 0. The molecule has 0 spiro atoms. The Labute approximate surface area is 147 Å². The summed E-state index contributed by atoms with van der Waals surface area (Å²) < 4.78 is 0. The molecule has 1 aromatic carbocycles. The molecule has 7 nitrogen and oxygen atoms in total. The largest absolute Gasteiger partial charge is 0.396 e. The molecule has 136 valence electrons. The van der Waals surface area contributed by atoms with Crippen molar-refractivity contribution in [3.05, 3.63) is 35.4 Å². The Balaban J connectivity index is 2.10. The fourth-order valence-electron chi connectivity index (χ4n) is 2.67. The summed E-state index contributed by atoms with van der Waals surface area (Å²) in [5, 5.41) is 14.5. The summed E-state index contributed by atoms with van der Waals surface area (Å²) >= 11 is 0. The monoisotopic (exact) mass is 347 g/mol. The molecule has 0 radical (unpaired) electrons. The fraction of sp³-hybridized carbons (Fsp3) is 0.500. The van der Waals surface area contributed by atoms with Gasteiger partial charge in [0.1, 0.15) is 12.1 Å². The van der Waals surface area contributed by atoms with Gasteiger partial charge in [-0.3, -0.25) is 14.5 Å². The normalized spacial score (nSPS) is 22.5. The van der Waals surface area contributed by atoms with Gasteiger partial charge in [0.25, 0.3) is 5.91 Å². The molecule has 1 aliphatic heterocycles. The number of nitrogens with zero attached hydrogens (tertiary/aromatic N) is 1. The van der Waals surface area contributed by atoms with Crippen molar-refractivity contribution in [2.45, 2.75) is 39.3 Å². The van der Waals surface area contributed by atoms with E-state index in [0.29, 0.717) is 5.56 Å². The highest BCUT2D eigenvalue weighted by molar-refractivity contribution is 6.09. The number of nitrogens with one attached hydrogen (secondary N) is 2. The summed E-state index contributed by atoms with van der Waals surface area (Å²) in [4.78, 5) is 38.1. The number of carbonyl (C=O) groups excluding carboxylic acids is 3. The SMILES string of the molecule is Cc1ccc(C2(C)NC(=O)N(CC(=O)NC(C)C(C)CO)C2=O)cc1. The topological polar surface area (TPSA) is 98.7 Å². The number of aryl methyl sites for hydroxylation is 1. The molecule has 1 aromatic rings. The van der Waals surface area contributed by atoms with E-state index < -0.39 is 23.4 Å². The van der Waals surface area contributed by atoms with E-state index in [2.05, 4.69) is 10.6 Å². The second-order valence-corrected chi connectivity index (χ2v) is 6.83. The third kappa shape index (κ3) is 3.82. The molecule has 2 rings (SSSR count). The highest BCUT2D eigenvalue weighted by Crippen LogP contribution is 2.28. The summed E-state index contributed by atoms with van der Waals surface area (Å²) in [5.41, 5.74) is 0.531. The Morgan fingerprint density at radius 3 is 2.44 bits per heavy atom. The zero-order chi connectivity index (χ0) is 18.8. The van der Waals surface area contributed by atoms with Gasteiger partial charge >= 0.3 is 6.03 Å². The van der Waals surface area contributed by atoms with E-state index in [4.69, 9.17) is 5.11 Å². The highest BCUT2D eigenvalue weighted by atomic mass is 16.3. The molecule has 25 heavy (non-hydrogen) atoms. The zero-order valence-corrected chi connectivity index (χ0v) is 15.0. The van der Waals surface area contributed by atoms with Gasteiger partial charge in [-0.05, 0) is 32.3 Å². The van der Waals surface area contributed by atoms with E-state index in [1.54, 1.807) is 32.9 Å². The van der Waals surface area contributed by atoms with Crippen molar-refractivity contribution in [3.63, 3.8) is 0 Å². The molecule has 0 aliphatic carbocycles. The molecule has 1 aliphatic rings. The van der Waals surface area contributed by atoms with Gasteiger partial charge in [0.2, 0.25) is 5.91 Å².